The van der Waals surface area contributed by atoms with E-state index in [1.165, 1.54) is 0 Å². The molecule has 0 N–H and O–H groups in total. The van der Waals surface area contributed by atoms with Gasteiger partial charge in [0.1, 0.15) is 0 Å². The van der Waals surface area contributed by atoms with Crippen LogP contribution in [0.3, 0.4) is 0 Å². The minimum Gasteiger partial charge on any atom is -0.269 e. The number of carbonyl (C=O) groups is 2. The predicted octanol–water partition coefficient (Wildman–Crippen LogP) is 2.31. The van der Waals surface area contributed by atoms with Crippen LogP contribution in [0.1, 0.15) is 0 Å². The van der Waals surface area contributed by atoms with Gasteiger partial charge in [-0.1, -0.05) is 0 Å². The van der Waals surface area contributed by atoms with Crippen LogP contribution < -0.4 is 0 Å². The average molecular weight is 416 g/mol. The largest absolute Gasteiger partial charge is 0.349 e. The number of rotatable bonds is 0. The second-order valence-corrected chi connectivity index (χ2v) is 6.47. The number of alkyl halides is 2. The number of halogens is 4. The topological polar surface area (TPSA) is 40.6 Å². The lowest BCUT2D eigenvalue weighted by molar-refractivity contribution is -0.122. The van der Waals surface area contributed by atoms with E-state index in [4.69, 9.17) is 0 Å². The van der Waals surface area contributed by atoms with E-state index in [1.54, 1.807) is 0 Å². The zero-order valence-electron chi connectivity index (χ0n) is 4.72. The molecule has 1 fully saturated rings. The van der Waals surface area contributed by atoms with Gasteiger partial charge >= 0.3 is 6.03 Å². The summed E-state index contributed by atoms with van der Waals surface area (Å²) >= 11 is 11.7. The molecule has 0 aromatic heterocycles. The van der Waals surface area contributed by atoms with Crippen LogP contribution in [-0.4, -0.2) is 23.1 Å². The maximum atomic E-state index is 11.1. The molecule has 0 atom stereocenters. The van der Waals surface area contributed by atoms with E-state index in [1.807, 2.05) is 0 Å². The number of hydrogen-bond acceptors (Lipinski definition) is 2. The minimum absolute atomic E-state index is 0.445. The second-order valence-electron chi connectivity index (χ2n) is 1.69. The fraction of sp³-hybridized carbons (Fsp3) is 0.333. The van der Waals surface area contributed by atoms with E-state index >= 15 is 0 Å². The van der Waals surface area contributed by atoms with Crippen molar-refractivity contribution < 1.29 is 9.59 Å². The molecule has 0 saturated carbocycles. The molecule has 1 aliphatic rings. The Balaban J connectivity index is 3.06. The van der Waals surface area contributed by atoms with Crippen molar-refractivity contribution in [3.05, 3.63) is 0 Å². The molecule has 11 heavy (non-hydrogen) atoms. The molecule has 4 nitrogen and oxygen atoms in total. The minimum atomic E-state index is -1.18. The van der Waals surface area contributed by atoms with Crippen molar-refractivity contribution >= 4 is 76.1 Å². The number of nitrogens with zero attached hydrogens (tertiary/aromatic N) is 2. The van der Waals surface area contributed by atoms with Crippen molar-refractivity contribution in [2.24, 2.45) is 0 Å². The molecule has 1 heterocycles. The van der Waals surface area contributed by atoms with Gasteiger partial charge in [-0.25, -0.2) is 8.72 Å². The highest BCUT2D eigenvalue weighted by atomic mass is 79.9. The lowest BCUT2D eigenvalue weighted by Crippen LogP contribution is -2.30. The lowest BCUT2D eigenvalue weighted by Gasteiger charge is -2.14. The van der Waals surface area contributed by atoms with Crippen LogP contribution in [-0.2, 0) is 4.79 Å². The summed E-state index contributed by atoms with van der Waals surface area (Å²) in [5.41, 5.74) is 0. The molecular formula is C3Br4N2O2. The molecule has 0 radical (unpaired) electrons. The van der Waals surface area contributed by atoms with E-state index in [0.717, 1.165) is 7.85 Å². The van der Waals surface area contributed by atoms with Gasteiger partial charge in [0.2, 0.25) is 3.36 Å². The lowest BCUT2D eigenvalue weighted by atomic mass is 10.7. The van der Waals surface area contributed by atoms with Crippen LogP contribution in [0.5, 0.6) is 0 Å². The third-order valence-electron chi connectivity index (χ3n) is 1.02. The van der Waals surface area contributed by atoms with Crippen LogP contribution >= 0.6 is 64.2 Å². The first-order valence-electron chi connectivity index (χ1n) is 2.27. The number of amides is 3. The van der Waals surface area contributed by atoms with Gasteiger partial charge < -0.3 is 0 Å². The molecule has 62 valence electrons. The van der Waals surface area contributed by atoms with Crippen LogP contribution in [0, 0.1) is 0 Å². The van der Waals surface area contributed by atoms with Gasteiger partial charge in [0.25, 0.3) is 5.91 Å². The van der Waals surface area contributed by atoms with Gasteiger partial charge in [-0.15, -0.1) is 0 Å². The highest BCUT2D eigenvalue weighted by Gasteiger charge is 2.53. The number of hydrogen-bond donors (Lipinski definition) is 0. The smallest absolute Gasteiger partial charge is 0.269 e. The fourth-order valence-corrected chi connectivity index (χ4v) is 2.56. The molecule has 0 unspecified atom stereocenters. The van der Waals surface area contributed by atoms with Gasteiger partial charge in [-0.05, 0) is 31.9 Å². The molecule has 1 rings (SSSR count). The zero-order valence-corrected chi connectivity index (χ0v) is 11.1. The fourth-order valence-electron chi connectivity index (χ4n) is 0.486. The third-order valence-corrected chi connectivity index (χ3v) is 4.82. The summed E-state index contributed by atoms with van der Waals surface area (Å²) in [6.07, 6.45) is 0. The van der Waals surface area contributed by atoms with E-state index in [0.29, 0.717) is 0 Å². The summed E-state index contributed by atoms with van der Waals surface area (Å²) in [4.78, 5) is 22.1. The Kier molecular flexibility index (Phi) is 2.68. The number of urea groups is 1. The summed E-state index contributed by atoms with van der Waals surface area (Å²) < 4.78 is 0.670. The van der Waals surface area contributed by atoms with Crippen LogP contribution in [0.25, 0.3) is 0 Å². The maximum Gasteiger partial charge on any atom is 0.349 e. The zero-order chi connectivity index (χ0) is 8.81. The second kappa shape index (κ2) is 2.97. The van der Waals surface area contributed by atoms with Crippen molar-refractivity contribution in [2.45, 2.75) is 3.36 Å². The van der Waals surface area contributed by atoms with Crippen molar-refractivity contribution in [3.63, 3.8) is 0 Å². The molecule has 0 bridgehead atoms. The van der Waals surface area contributed by atoms with Crippen LogP contribution in [0.15, 0.2) is 0 Å². The van der Waals surface area contributed by atoms with E-state index in [-0.39, 0.29) is 0 Å². The van der Waals surface area contributed by atoms with E-state index < -0.39 is 15.3 Å². The quantitative estimate of drug-likeness (QED) is 0.264. The Morgan fingerprint density at radius 3 is 1.73 bits per heavy atom. The van der Waals surface area contributed by atoms with Crippen LogP contribution in [0.4, 0.5) is 4.79 Å². The SMILES string of the molecule is O=C1N(Br)C(=O)C(Br)(Br)N1Br. The number of imide groups is 1. The Labute approximate surface area is 96.2 Å². The Morgan fingerprint density at radius 2 is 1.64 bits per heavy atom. The summed E-state index contributed by atoms with van der Waals surface area (Å²) in [7, 11) is 0. The molecule has 1 aliphatic heterocycles. The summed E-state index contributed by atoms with van der Waals surface area (Å²) in [5, 5.41) is 0. The third kappa shape index (κ3) is 1.38. The molecule has 0 aliphatic carbocycles. The van der Waals surface area contributed by atoms with E-state index in [2.05, 4.69) is 64.2 Å². The van der Waals surface area contributed by atoms with Gasteiger partial charge in [-0.2, -0.15) is 3.93 Å². The van der Waals surface area contributed by atoms with Crippen molar-refractivity contribution in [1.29, 1.82) is 0 Å². The monoisotopic (exact) mass is 412 g/mol. The summed E-state index contributed by atoms with van der Waals surface area (Å²) in [6, 6.07) is -0.497. The Morgan fingerprint density at radius 1 is 1.18 bits per heavy atom. The molecular weight excluding hydrogens is 416 g/mol. The predicted molar refractivity (Wildman–Crippen MR) is 52.5 cm³/mol. The molecule has 3 amide bonds. The average Bonchev–Trinajstić information content (AvgIpc) is 2.06. The first-order valence-corrected chi connectivity index (χ1v) is 5.27. The van der Waals surface area contributed by atoms with Crippen molar-refractivity contribution in [1.82, 2.24) is 7.85 Å². The molecule has 8 heteroatoms. The molecule has 0 spiro atoms. The van der Waals surface area contributed by atoms with Gasteiger partial charge in [-0.3, -0.25) is 4.79 Å². The number of carbonyl (C=O) groups excluding carboxylic acids is 2. The molecule has 0 aromatic carbocycles. The van der Waals surface area contributed by atoms with Crippen molar-refractivity contribution in [3.8, 4) is 0 Å². The maximum absolute atomic E-state index is 11.1. The van der Waals surface area contributed by atoms with Gasteiger partial charge in [0.15, 0.2) is 0 Å². The first-order chi connectivity index (χ1) is 4.89. The highest BCUT2D eigenvalue weighted by molar-refractivity contribution is 9.26. The Hall–Kier alpha value is 0.860. The van der Waals surface area contributed by atoms with Crippen molar-refractivity contribution in [2.75, 3.05) is 0 Å². The normalized spacial score (nSPS) is 23.3. The Bertz CT molecular complexity index is 229. The van der Waals surface area contributed by atoms with Crippen LogP contribution in [0.2, 0.25) is 0 Å². The standard InChI is InChI=1S/C3Br4N2O2/c4-3(5)1(10)8(6)2(11)9(3)7. The highest BCUT2D eigenvalue weighted by Crippen LogP contribution is 2.42. The van der Waals surface area contributed by atoms with E-state index in [9.17, 15) is 9.59 Å². The molecule has 0 aromatic rings. The van der Waals surface area contributed by atoms with Gasteiger partial charge in [0, 0.05) is 0 Å². The molecule has 1 saturated heterocycles. The first kappa shape index (κ1) is 9.94. The van der Waals surface area contributed by atoms with Gasteiger partial charge in [0.05, 0.1) is 32.3 Å². The summed E-state index contributed by atoms with van der Waals surface area (Å²) in [6.45, 7) is 0. The summed E-state index contributed by atoms with van der Waals surface area (Å²) in [5.74, 6) is -0.445.